The van der Waals surface area contributed by atoms with Crippen LogP contribution >= 0.6 is 0 Å². The van der Waals surface area contributed by atoms with E-state index in [1.165, 1.54) is 30.4 Å². The molecule has 0 bridgehead atoms. The van der Waals surface area contributed by atoms with Crippen molar-refractivity contribution >= 4 is 12.0 Å². The molecule has 21 heavy (non-hydrogen) atoms. The second kappa shape index (κ2) is 6.80. The zero-order chi connectivity index (χ0) is 15.4. The van der Waals surface area contributed by atoms with Crippen LogP contribution in [0.4, 0.5) is 8.78 Å². The molecule has 0 saturated carbocycles. The first-order chi connectivity index (χ1) is 9.99. The van der Waals surface area contributed by atoms with Crippen LogP contribution in [0, 0.1) is 17.6 Å². The molecule has 3 nitrogen and oxygen atoms in total. The van der Waals surface area contributed by atoms with Crippen LogP contribution in [0.25, 0.3) is 6.08 Å². The van der Waals surface area contributed by atoms with E-state index in [0.717, 1.165) is 12.8 Å². The number of nitrogens with two attached hydrogens (primary N) is 1. The van der Waals surface area contributed by atoms with E-state index in [4.69, 9.17) is 5.73 Å². The minimum absolute atomic E-state index is 0.0357. The Labute approximate surface area is 123 Å². The summed E-state index contributed by atoms with van der Waals surface area (Å²) in [6.07, 6.45) is 4.33. The number of hydrogen-bond acceptors (Lipinski definition) is 2. The van der Waals surface area contributed by atoms with Gasteiger partial charge in [-0.25, -0.2) is 8.78 Å². The molecule has 2 N–H and O–H groups in total. The number of amides is 1. The van der Waals surface area contributed by atoms with E-state index >= 15 is 0 Å². The Morgan fingerprint density at radius 2 is 2.10 bits per heavy atom. The maximum absolute atomic E-state index is 13.5. The van der Waals surface area contributed by atoms with Crippen molar-refractivity contribution in [2.75, 3.05) is 13.1 Å². The monoisotopic (exact) mass is 294 g/mol. The smallest absolute Gasteiger partial charge is 0.246 e. The van der Waals surface area contributed by atoms with Crippen molar-refractivity contribution in [1.29, 1.82) is 0 Å². The molecule has 0 aliphatic carbocycles. The molecule has 1 aromatic carbocycles. The van der Waals surface area contributed by atoms with Crippen molar-refractivity contribution in [3.63, 3.8) is 0 Å². The van der Waals surface area contributed by atoms with Crippen LogP contribution in [0.3, 0.4) is 0 Å². The van der Waals surface area contributed by atoms with Gasteiger partial charge < -0.3 is 10.6 Å². The number of nitrogens with zero attached hydrogens (tertiary/aromatic N) is 1. The third-order valence-corrected chi connectivity index (χ3v) is 3.91. The Morgan fingerprint density at radius 3 is 2.71 bits per heavy atom. The van der Waals surface area contributed by atoms with Crippen molar-refractivity contribution in [3.8, 4) is 0 Å². The summed E-state index contributed by atoms with van der Waals surface area (Å²) in [6.45, 7) is 3.19. The third-order valence-electron chi connectivity index (χ3n) is 3.91. The summed E-state index contributed by atoms with van der Waals surface area (Å²) in [6, 6.07) is 3.66. The SMILES string of the molecule is CC(N)C1CCCN(C(=O)C=Cc2c(F)cccc2F)C1. The molecule has 2 rings (SSSR count). The van der Waals surface area contributed by atoms with E-state index in [1.54, 1.807) is 4.90 Å². The Hall–Kier alpha value is -1.75. The van der Waals surface area contributed by atoms with Crippen molar-refractivity contribution < 1.29 is 13.6 Å². The number of rotatable bonds is 3. The van der Waals surface area contributed by atoms with E-state index in [2.05, 4.69) is 0 Å². The lowest BCUT2D eigenvalue weighted by atomic mass is 9.92. The number of carbonyl (C=O) groups is 1. The summed E-state index contributed by atoms with van der Waals surface area (Å²) in [5.41, 5.74) is 5.69. The second-order valence-corrected chi connectivity index (χ2v) is 5.51. The maximum Gasteiger partial charge on any atom is 0.246 e. The van der Waals surface area contributed by atoms with Crippen LogP contribution in [0.5, 0.6) is 0 Å². The maximum atomic E-state index is 13.5. The number of halogens is 2. The van der Waals surface area contributed by atoms with Crippen LogP contribution in [0.2, 0.25) is 0 Å². The van der Waals surface area contributed by atoms with Crippen LogP contribution in [-0.2, 0) is 4.79 Å². The molecule has 2 atom stereocenters. The Morgan fingerprint density at radius 1 is 1.43 bits per heavy atom. The first-order valence-electron chi connectivity index (χ1n) is 7.15. The number of hydrogen-bond donors (Lipinski definition) is 1. The van der Waals surface area contributed by atoms with E-state index < -0.39 is 11.6 Å². The van der Waals surface area contributed by atoms with Gasteiger partial charge in [-0.15, -0.1) is 0 Å². The summed E-state index contributed by atoms with van der Waals surface area (Å²) in [5, 5.41) is 0. The van der Waals surface area contributed by atoms with Gasteiger partial charge in [0.05, 0.1) is 0 Å². The fourth-order valence-electron chi connectivity index (χ4n) is 2.57. The normalized spacial score (nSPS) is 20.8. The average Bonchev–Trinajstić information content (AvgIpc) is 2.46. The molecular weight excluding hydrogens is 274 g/mol. The van der Waals surface area contributed by atoms with Crippen LogP contribution in [0.15, 0.2) is 24.3 Å². The molecule has 1 aliphatic heterocycles. The molecule has 0 spiro atoms. The molecule has 114 valence electrons. The van der Waals surface area contributed by atoms with Gasteiger partial charge in [0.1, 0.15) is 11.6 Å². The second-order valence-electron chi connectivity index (χ2n) is 5.51. The highest BCUT2D eigenvalue weighted by molar-refractivity contribution is 5.91. The first kappa shape index (κ1) is 15.6. The molecule has 1 aromatic rings. The Balaban J connectivity index is 2.05. The Kier molecular flexibility index (Phi) is 5.07. The standard InChI is InChI=1S/C16H20F2N2O/c1-11(19)12-4-3-9-20(10-12)16(21)8-7-13-14(17)5-2-6-15(13)18/h2,5-8,11-12H,3-4,9-10,19H2,1H3. The highest BCUT2D eigenvalue weighted by Crippen LogP contribution is 2.19. The van der Waals surface area contributed by atoms with Gasteiger partial charge >= 0.3 is 0 Å². The van der Waals surface area contributed by atoms with Crippen molar-refractivity contribution in [2.24, 2.45) is 11.7 Å². The van der Waals surface area contributed by atoms with Gasteiger partial charge in [0, 0.05) is 30.8 Å². The molecule has 2 unspecified atom stereocenters. The lowest BCUT2D eigenvalue weighted by Crippen LogP contribution is -2.44. The largest absolute Gasteiger partial charge is 0.339 e. The minimum Gasteiger partial charge on any atom is -0.339 e. The van der Waals surface area contributed by atoms with Crippen molar-refractivity contribution in [3.05, 3.63) is 41.5 Å². The topological polar surface area (TPSA) is 46.3 Å². The van der Waals surface area contributed by atoms with Gasteiger partial charge in [-0.05, 0) is 43.9 Å². The number of piperidine rings is 1. The number of benzene rings is 1. The van der Waals surface area contributed by atoms with Gasteiger partial charge in [-0.3, -0.25) is 4.79 Å². The fraction of sp³-hybridized carbons (Fsp3) is 0.438. The van der Waals surface area contributed by atoms with Crippen LogP contribution < -0.4 is 5.73 Å². The predicted molar refractivity (Wildman–Crippen MR) is 78.3 cm³/mol. The molecule has 1 fully saturated rings. The van der Waals surface area contributed by atoms with E-state index in [9.17, 15) is 13.6 Å². The van der Waals surface area contributed by atoms with Gasteiger partial charge in [0.15, 0.2) is 0 Å². The van der Waals surface area contributed by atoms with Crippen molar-refractivity contribution in [1.82, 2.24) is 4.90 Å². The van der Waals surface area contributed by atoms with Crippen molar-refractivity contribution in [2.45, 2.75) is 25.8 Å². The van der Waals surface area contributed by atoms with Gasteiger partial charge in [0.2, 0.25) is 5.91 Å². The molecular formula is C16H20F2N2O. The lowest BCUT2D eigenvalue weighted by Gasteiger charge is -2.34. The molecule has 1 heterocycles. The molecule has 1 amide bonds. The molecule has 0 aromatic heterocycles. The van der Waals surface area contributed by atoms with Crippen LogP contribution in [-0.4, -0.2) is 29.9 Å². The van der Waals surface area contributed by atoms with E-state index in [1.807, 2.05) is 6.92 Å². The van der Waals surface area contributed by atoms with Crippen LogP contribution in [0.1, 0.15) is 25.3 Å². The van der Waals surface area contributed by atoms with Gasteiger partial charge in [-0.2, -0.15) is 0 Å². The molecule has 0 radical (unpaired) electrons. The molecule has 5 heteroatoms. The summed E-state index contributed by atoms with van der Waals surface area (Å²) in [7, 11) is 0. The third kappa shape index (κ3) is 3.88. The highest BCUT2D eigenvalue weighted by atomic mass is 19.1. The Bertz CT molecular complexity index is 523. The highest BCUT2D eigenvalue weighted by Gasteiger charge is 2.24. The lowest BCUT2D eigenvalue weighted by molar-refractivity contribution is -0.127. The minimum atomic E-state index is -0.675. The predicted octanol–water partition coefficient (Wildman–Crippen LogP) is 2.56. The number of likely N-dealkylation sites (tertiary alicyclic amines) is 1. The summed E-state index contributed by atoms with van der Waals surface area (Å²) < 4.78 is 27.0. The summed E-state index contributed by atoms with van der Waals surface area (Å²) in [5.74, 6) is -1.30. The summed E-state index contributed by atoms with van der Waals surface area (Å²) in [4.78, 5) is 13.8. The fourth-order valence-corrected chi connectivity index (χ4v) is 2.57. The summed E-state index contributed by atoms with van der Waals surface area (Å²) >= 11 is 0. The quantitative estimate of drug-likeness (QED) is 0.871. The zero-order valence-corrected chi connectivity index (χ0v) is 12.1. The van der Waals surface area contributed by atoms with E-state index in [0.29, 0.717) is 13.1 Å². The van der Waals surface area contributed by atoms with Gasteiger partial charge in [0.25, 0.3) is 0 Å². The van der Waals surface area contributed by atoms with E-state index in [-0.39, 0.29) is 23.4 Å². The zero-order valence-electron chi connectivity index (χ0n) is 12.1. The average molecular weight is 294 g/mol. The molecule has 1 aliphatic rings. The molecule has 1 saturated heterocycles. The first-order valence-corrected chi connectivity index (χ1v) is 7.15. The number of carbonyl (C=O) groups excluding carboxylic acids is 1. The van der Waals surface area contributed by atoms with Gasteiger partial charge in [-0.1, -0.05) is 6.07 Å².